The fourth-order valence-electron chi connectivity index (χ4n) is 2.56. The zero-order valence-corrected chi connectivity index (χ0v) is 9.62. The summed E-state index contributed by atoms with van der Waals surface area (Å²) in [5, 5.41) is 0. The summed E-state index contributed by atoms with van der Waals surface area (Å²) in [6, 6.07) is 0.668. The van der Waals surface area contributed by atoms with Gasteiger partial charge in [-0.2, -0.15) is 0 Å². The third-order valence-electron chi connectivity index (χ3n) is 3.84. The zero-order valence-electron chi connectivity index (χ0n) is 9.62. The summed E-state index contributed by atoms with van der Waals surface area (Å²) >= 11 is 0. The van der Waals surface area contributed by atoms with Crippen LogP contribution in [-0.2, 0) is 4.74 Å². The van der Waals surface area contributed by atoms with E-state index in [4.69, 9.17) is 4.74 Å². The minimum atomic E-state index is 0.322. The lowest BCUT2D eigenvalue weighted by atomic mass is 9.93. The van der Waals surface area contributed by atoms with Crippen molar-refractivity contribution in [2.75, 3.05) is 39.9 Å². The van der Waals surface area contributed by atoms with Crippen LogP contribution in [0.4, 0.5) is 0 Å². The molecule has 2 aliphatic rings. The largest absolute Gasteiger partial charge is 0.379 e. The molecule has 1 spiro atoms. The van der Waals surface area contributed by atoms with Gasteiger partial charge in [0.05, 0.1) is 12.1 Å². The molecule has 14 heavy (non-hydrogen) atoms. The Bertz CT molecular complexity index is 199. The summed E-state index contributed by atoms with van der Waals surface area (Å²) in [6.07, 6.45) is 1.20. The second-order valence-corrected chi connectivity index (χ2v) is 5.01. The molecule has 0 N–H and O–H groups in total. The number of piperazine rings is 1. The van der Waals surface area contributed by atoms with Gasteiger partial charge in [0.25, 0.3) is 0 Å². The predicted octanol–water partition coefficient (Wildman–Crippen LogP) is 0.801. The summed E-state index contributed by atoms with van der Waals surface area (Å²) in [5.41, 5.74) is 0.322. The van der Waals surface area contributed by atoms with Crippen LogP contribution in [0.5, 0.6) is 0 Å². The number of ether oxygens (including phenoxy) is 1. The Labute approximate surface area is 87.0 Å². The molecule has 0 amide bonds. The molecule has 2 saturated heterocycles. The molecule has 0 bridgehead atoms. The average Bonchev–Trinajstić information content (AvgIpc) is 2.59. The highest BCUT2D eigenvalue weighted by Crippen LogP contribution is 2.29. The van der Waals surface area contributed by atoms with Crippen LogP contribution in [0.2, 0.25) is 0 Å². The summed E-state index contributed by atoms with van der Waals surface area (Å²) in [6.45, 7) is 10.0. The fraction of sp³-hybridized carbons (Fsp3) is 1.00. The van der Waals surface area contributed by atoms with Gasteiger partial charge in [0.2, 0.25) is 0 Å². The van der Waals surface area contributed by atoms with Crippen LogP contribution in [-0.4, -0.2) is 61.3 Å². The van der Waals surface area contributed by atoms with Crippen LogP contribution in [0.15, 0.2) is 0 Å². The highest BCUT2D eigenvalue weighted by atomic mass is 16.5. The van der Waals surface area contributed by atoms with Gasteiger partial charge in [-0.25, -0.2) is 0 Å². The molecule has 1 atom stereocenters. The zero-order chi connectivity index (χ0) is 10.2. The molecule has 0 aromatic rings. The first-order chi connectivity index (χ1) is 6.64. The summed E-state index contributed by atoms with van der Waals surface area (Å²) in [7, 11) is 2.24. The highest BCUT2D eigenvalue weighted by Gasteiger charge is 2.43. The van der Waals surface area contributed by atoms with Crippen LogP contribution in [0, 0.1) is 0 Å². The van der Waals surface area contributed by atoms with E-state index in [0.29, 0.717) is 11.6 Å². The smallest absolute Gasteiger partial charge is 0.0663 e. The van der Waals surface area contributed by atoms with Gasteiger partial charge >= 0.3 is 0 Å². The minimum absolute atomic E-state index is 0.322. The lowest BCUT2D eigenvalue weighted by Crippen LogP contribution is -2.62. The molecule has 82 valence electrons. The van der Waals surface area contributed by atoms with E-state index in [1.165, 1.54) is 26.1 Å². The maximum Gasteiger partial charge on any atom is 0.0663 e. The summed E-state index contributed by atoms with van der Waals surface area (Å²) < 4.78 is 5.57. The third kappa shape index (κ3) is 1.69. The van der Waals surface area contributed by atoms with Crippen molar-refractivity contribution in [2.24, 2.45) is 0 Å². The third-order valence-corrected chi connectivity index (χ3v) is 3.84. The standard InChI is InChI=1S/C11H22N2O/c1-10(2)13-6-5-12(3)11(8-13)4-7-14-9-11/h10H,4-9H2,1-3H3. The molecule has 2 rings (SSSR count). The molecular formula is C11H22N2O. The van der Waals surface area contributed by atoms with E-state index in [1.54, 1.807) is 0 Å². The molecule has 2 fully saturated rings. The molecule has 1 unspecified atom stereocenters. The van der Waals surface area contributed by atoms with Gasteiger partial charge in [-0.3, -0.25) is 9.80 Å². The molecule has 3 heteroatoms. The van der Waals surface area contributed by atoms with Crippen molar-refractivity contribution < 1.29 is 4.74 Å². The van der Waals surface area contributed by atoms with Crippen molar-refractivity contribution in [1.82, 2.24) is 9.80 Å². The maximum atomic E-state index is 5.57. The predicted molar refractivity (Wildman–Crippen MR) is 57.5 cm³/mol. The molecular weight excluding hydrogens is 176 g/mol. The Morgan fingerprint density at radius 3 is 2.64 bits per heavy atom. The van der Waals surface area contributed by atoms with Crippen molar-refractivity contribution in [3.63, 3.8) is 0 Å². The Morgan fingerprint density at radius 1 is 1.29 bits per heavy atom. The molecule has 0 aromatic heterocycles. The number of rotatable bonds is 1. The van der Waals surface area contributed by atoms with E-state index in [-0.39, 0.29) is 0 Å². The molecule has 0 saturated carbocycles. The van der Waals surface area contributed by atoms with E-state index in [9.17, 15) is 0 Å². The number of likely N-dealkylation sites (N-methyl/N-ethyl adjacent to an activating group) is 1. The monoisotopic (exact) mass is 198 g/mol. The van der Waals surface area contributed by atoms with Gasteiger partial charge in [-0.1, -0.05) is 0 Å². The van der Waals surface area contributed by atoms with Gasteiger partial charge in [-0.15, -0.1) is 0 Å². The Kier molecular flexibility index (Phi) is 2.82. The number of hydrogen-bond acceptors (Lipinski definition) is 3. The molecule has 0 radical (unpaired) electrons. The topological polar surface area (TPSA) is 15.7 Å². The summed E-state index contributed by atoms with van der Waals surface area (Å²) in [4.78, 5) is 5.08. The van der Waals surface area contributed by atoms with E-state index >= 15 is 0 Å². The normalized spacial score (nSPS) is 36.0. The SMILES string of the molecule is CC(C)N1CCN(C)C2(CCOC2)C1. The molecule has 2 heterocycles. The van der Waals surface area contributed by atoms with Gasteiger partial charge in [-0.05, 0) is 27.3 Å². The van der Waals surface area contributed by atoms with Gasteiger partial charge in [0.1, 0.15) is 0 Å². The van der Waals surface area contributed by atoms with E-state index in [2.05, 4.69) is 30.7 Å². The molecule has 0 aliphatic carbocycles. The number of nitrogens with zero attached hydrogens (tertiary/aromatic N) is 2. The Morgan fingerprint density at radius 2 is 2.07 bits per heavy atom. The Balaban J connectivity index is 2.06. The van der Waals surface area contributed by atoms with E-state index in [1.807, 2.05) is 0 Å². The molecule has 0 aromatic carbocycles. The number of hydrogen-bond donors (Lipinski definition) is 0. The summed E-state index contributed by atoms with van der Waals surface area (Å²) in [5.74, 6) is 0. The van der Waals surface area contributed by atoms with Crippen molar-refractivity contribution >= 4 is 0 Å². The van der Waals surface area contributed by atoms with Crippen LogP contribution >= 0.6 is 0 Å². The highest BCUT2D eigenvalue weighted by molar-refractivity contribution is 4.99. The first-order valence-electron chi connectivity index (χ1n) is 5.67. The van der Waals surface area contributed by atoms with Crippen LogP contribution in [0.3, 0.4) is 0 Å². The minimum Gasteiger partial charge on any atom is -0.379 e. The fourth-order valence-corrected chi connectivity index (χ4v) is 2.56. The first-order valence-corrected chi connectivity index (χ1v) is 5.67. The van der Waals surface area contributed by atoms with Gasteiger partial charge < -0.3 is 4.74 Å². The second-order valence-electron chi connectivity index (χ2n) is 5.01. The van der Waals surface area contributed by atoms with Crippen molar-refractivity contribution in [3.05, 3.63) is 0 Å². The second kappa shape index (κ2) is 3.80. The average molecular weight is 198 g/mol. The van der Waals surface area contributed by atoms with Gasteiger partial charge in [0.15, 0.2) is 0 Å². The Hall–Kier alpha value is -0.120. The maximum absolute atomic E-state index is 5.57. The van der Waals surface area contributed by atoms with Crippen molar-refractivity contribution in [2.45, 2.75) is 31.8 Å². The van der Waals surface area contributed by atoms with Crippen molar-refractivity contribution in [1.29, 1.82) is 0 Å². The molecule has 2 aliphatic heterocycles. The van der Waals surface area contributed by atoms with E-state index in [0.717, 1.165) is 13.2 Å². The van der Waals surface area contributed by atoms with Crippen molar-refractivity contribution in [3.8, 4) is 0 Å². The lowest BCUT2D eigenvalue weighted by molar-refractivity contribution is -0.00418. The molecule has 3 nitrogen and oxygen atoms in total. The first kappa shape index (κ1) is 10.4. The van der Waals surface area contributed by atoms with Crippen LogP contribution in [0.1, 0.15) is 20.3 Å². The van der Waals surface area contributed by atoms with Crippen LogP contribution in [0.25, 0.3) is 0 Å². The van der Waals surface area contributed by atoms with Gasteiger partial charge in [0, 0.05) is 32.3 Å². The lowest BCUT2D eigenvalue weighted by Gasteiger charge is -2.47. The van der Waals surface area contributed by atoms with E-state index < -0.39 is 0 Å². The quantitative estimate of drug-likeness (QED) is 0.620. The van der Waals surface area contributed by atoms with Crippen LogP contribution < -0.4 is 0 Å².